The lowest BCUT2D eigenvalue weighted by atomic mass is 10.2. The Labute approximate surface area is 90.1 Å². The molecule has 0 aliphatic carbocycles. The molecule has 0 bridgehead atoms. The average molecular weight is 221 g/mol. The van der Waals surface area contributed by atoms with Crippen LogP contribution in [-0.2, 0) is 15.5 Å². The monoisotopic (exact) mass is 221 g/mol. The molecule has 0 amide bonds. The minimum absolute atomic E-state index is 0.405. The molecule has 0 heterocycles. The fourth-order valence-corrected chi connectivity index (χ4v) is 2.62. The zero-order valence-electron chi connectivity index (χ0n) is 9.54. The van der Waals surface area contributed by atoms with E-state index in [-0.39, 0.29) is 0 Å². The first-order valence-electron chi connectivity index (χ1n) is 5.31. The van der Waals surface area contributed by atoms with Crippen LogP contribution >= 0.6 is 0 Å². The molecule has 86 valence electrons. The first-order chi connectivity index (χ1) is 6.74. The Bertz CT molecular complexity index is 147. The number of ether oxygens (including phenoxy) is 1. The van der Waals surface area contributed by atoms with Gasteiger partial charge in [-0.25, -0.2) is 0 Å². The van der Waals surface area contributed by atoms with Crippen molar-refractivity contribution in [2.24, 2.45) is 0 Å². The summed E-state index contributed by atoms with van der Waals surface area (Å²) in [5.41, 5.74) is 0. The second-order valence-electron chi connectivity index (χ2n) is 3.35. The van der Waals surface area contributed by atoms with Crippen LogP contribution in [0.15, 0.2) is 0 Å². The molecule has 0 saturated heterocycles. The van der Waals surface area contributed by atoms with Gasteiger partial charge in [0, 0.05) is 35.5 Å². The highest BCUT2D eigenvalue weighted by atomic mass is 32.2. The lowest BCUT2D eigenvalue weighted by molar-refractivity contribution is 0.218. The summed E-state index contributed by atoms with van der Waals surface area (Å²) in [6.45, 7) is 5.78. The molecule has 0 aliphatic rings. The van der Waals surface area contributed by atoms with E-state index in [1.807, 2.05) is 0 Å². The zero-order valence-corrected chi connectivity index (χ0v) is 10.4. The fraction of sp³-hybridized carbons (Fsp3) is 1.00. The Hall–Kier alpha value is 0.0700. The van der Waals surface area contributed by atoms with Crippen molar-refractivity contribution in [1.82, 2.24) is 5.32 Å². The van der Waals surface area contributed by atoms with E-state index in [1.54, 1.807) is 7.11 Å². The predicted octanol–water partition coefficient (Wildman–Crippen LogP) is 1.16. The van der Waals surface area contributed by atoms with Crippen LogP contribution in [0.1, 0.15) is 26.7 Å². The SMILES string of the molecule is CCCC(CS(=O)CCOC)NCC. The average Bonchev–Trinajstić information content (AvgIpc) is 2.15. The Morgan fingerprint density at radius 1 is 1.43 bits per heavy atom. The van der Waals surface area contributed by atoms with Gasteiger partial charge in [0.2, 0.25) is 0 Å². The van der Waals surface area contributed by atoms with Gasteiger partial charge in [-0.3, -0.25) is 4.21 Å². The van der Waals surface area contributed by atoms with Gasteiger partial charge in [0.05, 0.1) is 6.61 Å². The number of methoxy groups -OCH3 is 1. The van der Waals surface area contributed by atoms with Crippen molar-refractivity contribution >= 4 is 10.8 Å². The van der Waals surface area contributed by atoms with Crippen LogP contribution in [-0.4, -0.2) is 42.0 Å². The van der Waals surface area contributed by atoms with Gasteiger partial charge >= 0.3 is 0 Å². The highest BCUT2D eigenvalue weighted by Crippen LogP contribution is 1.99. The maximum atomic E-state index is 11.6. The van der Waals surface area contributed by atoms with E-state index in [2.05, 4.69) is 19.2 Å². The highest BCUT2D eigenvalue weighted by molar-refractivity contribution is 7.85. The van der Waals surface area contributed by atoms with E-state index in [9.17, 15) is 4.21 Å². The van der Waals surface area contributed by atoms with Crippen molar-refractivity contribution in [3.8, 4) is 0 Å². The molecular formula is C10H23NO2S. The van der Waals surface area contributed by atoms with Crippen molar-refractivity contribution in [2.75, 3.05) is 31.8 Å². The summed E-state index contributed by atoms with van der Waals surface area (Å²) in [5, 5.41) is 3.36. The molecule has 0 aromatic carbocycles. The molecule has 3 nitrogen and oxygen atoms in total. The predicted molar refractivity (Wildman–Crippen MR) is 62.1 cm³/mol. The number of hydrogen-bond donors (Lipinski definition) is 1. The van der Waals surface area contributed by atoms with Crippen LogP contribution < -0.4 is 5.32 Å². The molecular weight excluding hydrogens is 198 g/mol. The Kier molecular flexibility index (Phi) is 9.67. The number of rotatable bonds is 9. The van der Waals surface area contributed by atoms with Crippen molar-refractivity contribution in [2.45, 2.75) is 32.7 Å². The Morgan fingerprint density at radius 2 is 2.14 bits per heavy atom. The molecule has 0 aromatic heterocycles. The summed E-state index contributed by atoms with van der Waals surface area (Å²) in [6.07, 6.45) is 2.24. The smallest absolute Gasteiger partial charge is 0.0577 e. The van der Waals surface area contributed by atoms with E-state index in [4.69, 9.17) is 4.74 Å². The molecule has 2 unspecified atom stereocenters. The quantitative estimate of drug-likeness (QED) is 0.635. The summed E-state index contributed by atoms with van der Waals surface area (Å²) in [7, 11) is 0.903. The minimum atomic E-state index is -0.740. The fourth-order valence-electron chi connectivity index (χ4n) is 1.37. The minimum Gasteiger partial charge on any atom is -0.384 e. The Morgan fingerprint density at radius 3 is 2.64 bits per heavy atom. The van der Waals surface area contributed by atoms with E-state index < -0.39 is 10.8 Å². The van der Waals surface area contributed by atoms with Gasteiger partial charge in [0.15, 0.2) is 0 Å². The number of nitrogens with one attached hydrogen (secondary N) is 1. The second-order valence-corrected chi connectivity index (χ2v) is 4.97. The standard InChI is InChI=1S/C10H23NO2S/c1-4-6-10(11-5-2)9-14(12)8-7-13-3/h10-11H,4-9H2,1-3H3. The molecule has 0 saturated carbocycles. The summed E-state index contributed by atoms with van der Waals surface area (Å²) in [5.74, 6) is 1.41. The first-order valence-corrected chi connectivity index (χ1v) is 6.80. The molecule has 0 aromatic rings. The number of hydrogen-bond acceptors (Lipinski definition) is 3. The molecule has 14 heavy (non-hydrogen) atoms. The van der Waals surface area contributed by atoms with Gasteiger partial charge in [0.25, 0.3) is 0 Å². The van der Waals surface area contributed by atoms with Crippen LogP contribution in [0, 0.1) is 0 Å². The first kappa shape index (κ1) is 14.1. The van der Waals surface area contributed by atoms with E-state index in [0.29, 0.717) is 18.4 Å². The van der Waals surface area contributed by atoms with Crippen LogP contribution in [0.5, 0.6) is 0 Å². The second kappa shape index (κ2) is 9.62. The van der Waals surface area contributed by atoms with Gasteiger partial charge in [-0.1, -0.05) is 20.3 Å². The van der Waals surface area contributed by atoms with Crippen LogP contribution in [0.25, 0.3) is 0 Å². The lowest BCUT2D eigenvalue weighted by Gasteiger charge is -2.16. The van der Waals surface area contributed by atoms with E-state index >= 15 is 0 Å². The van der Waals surface area contributed by atoms with Crippen LogP contribution in [0.2, 0.25) is 0 Å². The van der Waals surface area contributed by atoms with E-state index in [1.165, 1.54) is 0 Å². The zero-order chi connectivity index (χ0) is 10.8. The molecule has 0 fully saturated rings. The third-order valence-corrected chi connectivity index (χ3v) is 3.43. The topological polar surface area (TPSA) is 38.3 Å². The lowest BCUT2D eigenvalue weighted by Crippen LogP contribution is -2.34. The van der Waals surface area contributed by atoms with E-state index in [0.717, 1.165) is 25.1 Å². The normalized spacial score (nSPS) is 15.4. The maximum Gasteiger partial charge on any atom is 0.0577 e. The van der Waals surface area contributed by atoms with Crippen molar-refractivity contribution < 1.29 is 8.95 Å². The van der Waals surface area contributed by atoms with Crippen molar-refractivity contribution in [1.29, 1.82) is 0 Å². The van der Waals surface area contributed by atoms with Gasteiger partial charge in [-0.05, 0) is 13.0 Å². The largest absolute Gasteiger partial charge is 0.384 e. The molecule has 0 rings (SSSR count). The van der Waals surface area contributed by atoms with Crippen molar-refractivity contribution in [3.05, 3.63) is 0 Å². The molecule has 2 atom stereocenters. The molecule has 0 spiro atoms. The third kappa shape index (κ3) is 7.47. The molecule has 4 heteroatoms. The molecule has 0 aliphatic heterocycles. The molecule has 1 N–H and O–H groups in total. The van der Waals surface area contributed by atoms with Gasteiger partial charge in [-0.2, -0.15) is 0 Å². The third-order valence-electron chi connectivity index (χ3n) is 2.03. The van der Waals surface area contributed by atoms with Crippen LogP contribution in [0.4, 0.5) is 0 Å². The summed E-state index contributed by atoms with van der Waals surface area (Å²) < 4.78 is 16.5. The molecule has 0 radical (unpaired) electrons. The maximum absolute atomic E-state index is 11.6. The summed E-state index contributed by atoms with van der Waals surface area (Å²) in [4.78, 5) is 0. The summed E-state index contributed by atoms with van der Waals surface area (Å²) >= 11 is 0. The van der Waals surface area contributed by atoms with Crippen molar-refractivity contribution in [3.63, 3.8) is 0 Å². The Balaban J connectivity index is 3.71. The van der Waals surface area contributed by atoms with Gasteiger partial charge in [-0.15, -0.1) is 0 Å². The van der Waals surface area contributed by atoms with Gasteiger partial charge in [0.1, 0.15) is 0 Å². The highest BCUT2D eigenvalue weighted by Gasteiger charge is 2.10. The van der Waals surface area contributed by atoms with Gasteiger partial charge < -0.3 is 10.1 Å². The summed E-state index contributed by atoms with van der Waals surface area (Å²) in [6, 6.07) is 0.405. The van der Waals surface area contributed by atoms with Crippen LogP contribution in [0.3, 0.4) is 0 Å².